The monoisotopic (exact) mass is 392 g/mol. The van der Waals surface area contributed by atoms with Gasteiger partial charge in [-0.2, -0.15) is 0 Å². The van der Waals surface area contributed by atoms with E-state index >= 15 is 0 Å². The highest BCUT2D eigenvalue weighted by Crippen LogP contribution is 2.33. The number of para-hydroxylation sites is 3. The number of benzene rings is 2. The van der Waals surface area contributed by atoms with Crippen LogP contribution in [0.2, 0.25) is 0 Å². The largest absolute Gasteiger partial charge is 0.455 e. The van der Waals surface area contributed by atoms with Crippen molar-refractivity contribution in [3.05, 3.63) is 54.6 Å². The van der Waals surface area contributed by atoms with Gasteiger partial charge >= 0.3 is 0 Å². The number of sulfonamides is 1. The second-order valence-electron chi connectivity index (χ2n) is 5.85. The first-order valence-electron chi connectivity index (χ1n) is 8.47. The molecule has 0 aliphatic carbocycles. The van der Waals surface area contributed by atoms with E-state index in [2.05, 4.69) is 5.32 Å². The summed E-state index contributed by atoms with van der Waals surface area (Å²) in [6, 6.07) is 15.7. The number of methoxy groups -OCH3 is 1. The Labute approximate surface area is 160 Å². The Kier molecular flexibility index (Phi) is 7.63. The molecule has 2 aromatic carbocycles. The molecule has 0 unspecified atom stereocenters. The fraction of sp³-hybridized carbons (Fsp3) is 0.316. The SMILES string of the molecule is COCCCNC(=O)CN(c1ccccc1Oc1ccccc1)S(C)(=O)=O. The van der Waals surface area contributed by atoms with E-state index in [1.807, 2.05) is 18.2 Å². The summed E-state index contributed by atoms with van der Waals surface area (Å²) in [5.74, 6) is 0.523. The van der Waals surface area contributed by atoms with E-state index in [1.54, 1.807) is 43.5 Å². The number of hydrogen-bond acceptors (Lipinski definition) is 5. The molecule has 0 aliphatic rings. The average molecular weight is 392 g/mol. The maximum atomic E-state index is 12.3. The van der Waals surface area contributed by atoms with Gasteiger partial charge in [-0.15, -0.1) is 0 Å². The predicted molar refractivity (Wildman–Crippen MR) is 105 cm³/mol. The van der Waals surface area contributed by atoms with Crippen LogP contribution in [0.1, 0.15) is 6.42 Å². The number of nitrogens with one attached hydrogen (secondary N) is 1. The minimum Gasteiger partial charge on any atom is -0.455 e. The summed E-state index contributed by atoms with van der Waals surface area (Å²) in [7, 11) is -2.12. The summed E-state index contributed by atoms with van der Waals surface area (Å²) in [5, 5.41) is 2.69. The Bertz CT molecular complexity index is 840. The molecule has 8 heteroatoms. The van der Waals surface area contributed by atoms with Crippen LogP contribution in [0, 0.1) is 0 Å². The molecule has 0 spiro atoms. The first-order chi connectivity index (χ1) is 12.9. The average Bonchev–Trinajstić information content (AvgIpc) is 2.64. The smallest absolute Gasteiger partial charge is 0.240 e. The van der Waals surface area contributed by atoms with Crippen LogP contribution in [-0.2, 0) is 19.6 Å². The van der Waals surface area contributed by atoms with Crippen molar-refractivity contribution in [1.29, 1.82) is 0 Å². The van der Waals surface area contributed by atoms with E-state index in [0.29, 0.717) is 36.8 Å². The second kappa shape index (κ2) is 9.94. The maximum absolute atomic E-state index is 12.3. The van der Waals surface area contributed by atoms with Gasteiger partial charge in [0.25, 0.3) is 0 Å². The van der Waals surface area contributed by atoms with E-state index in [4.69, 9.17) is 9.47 Å². The zero-order valence-corrected chi connectivity index (χ0v) is 16.2. The molecule has 0 bridgehead atoms. The van der Waals surface area contributed by atoms with E-state index in [1.165, 1.54) is 0 Å². The molecule has 0 aromatic heterocycles. The fourth-order valence-electron chi connectivity index (χ4n) is 2.38. The predicted octanol–water partition coefficient (Wildman–Crippen LogP) is 2.40. The quantitative estimate of drug-likeness (QED) is 0.628. The van der Waals surface area contributed by atoms with Gasteiger partial charge in [-0.1, -0.05) is 30.3 Å². The van der Waals surface area contributed by atoms with Crippen LogP contribution < -0.4 is 14.4 Å². The molecule has 146 valence electrons. The van der Waals surface area contributed by atoms with E-state index < -0.39 is 15.9 Å². The Morgan fingerprint density at radius 3 is 2.41 bits per heavy atom. The van der Waals surface area contributed by atoms with Crippen molar-refractivity contribution < 1.29 is 22.7 Å². The minimum atomic E-state index is -3.70. The van der Waals surface area contributed by atoms with E-state index in [0.717, 1.165) is 10.6 Å². The van der Waals surface area contributed by atoms with Gasteiger partial charge in [-0.3, -0.25) is 9.10 Å². The lowest BCUT2D eigenvalue weighted by atomic mass is 10.3. The molecule has 0 saturated carbocycles. The summed E-state index contributed by atoms with van der Waals surface area (Å²) in [4.78, 5) is 12.2. The van der Waals surface area contributed by atoms with Crippen LogP contribution in [0.15, 0.2) is 54.6 Å². The Morgan fingerprint density at radius 1 is 1.07 bits per heavy atom. The molecule has 1 N–H and O–H groups in total. The lowest BCUT2D eigenvalue weighted by Crippen LogP contribution is -2.40. The zero-order valence-electron chi connectivity index (χ0n) is 15.4. The molecule has 2 aromatic rings. The molecular weight excluding hydrogens is 368 g/mol. The van der Waals surface area contributed by atoms with Crippen molar-refractivity contribution in [1.82, 2.24) is 5.32 Å². The van der Waals surface area contributed by atoms with Crippen molar-refractivity contribution >= 4 is 21.6 Å². The Hall–Kier alpha value is -2.58. The van der Waals surface area contributed by atoms with Gasteiger partial charge in [-0.25, -0.2) is 8.42 Å². The summed E-state index contributed by atoms with van der Waals surface area (Å²) in [6.45, 7) is 0.594. The minimum absolute atomic E-state index is 0.302. The lowest BCUT2D eigenvalue weighted by molar-refractivity contribution is -0.119. The van der Waals surface area contributed by atoms with Crippen LogP contribution in [-0.4, -0.2) is 47.4 Å². The molecule has 27 heavy (non-hydrogen) atoms. The number of hydrogen-bond donors (Lipinski definition) is 1. The summed E-state index contributed by atoms with van der Waals surface area (Å²) >= 11 is 0. The van der Waals surface area contributed by atoms with Crippen LogP contribution in [0.3, 0.4) is 0 Å². The molecule has 0 heterocycles. The Balaban J connectivity index is 2.21. The Morgan fingerprint density at radius 2 is 1.74 bits per heavy atom. The summed E-state index contributed by atoms with van der Waals surface area (Å²) in [6.07, 6.45) is 1.71. The van der Waals surface area contributed by atoms with E-state index in [-0.39, 0.29) is 6.54 Å². The van der Waals surface area contributed by atoms with Crippen molar-refractivity contribution in [2.75, 3.05) is 37.4 Å². The number of carbonyl (C=O) groups excluding carboxylic acids is 1. The first-order valence-corrected chi connectivity index (χ1v) is 10.3. The van der Waals surface area contributed by atoms with Crippen LogP contribution in [0.4, 0.5) is 5.69 Å². The lowest BCUT2D eigenvalue weighted by Gasteiger charge is -2.24. The highest BCUT2D eigenvalue weighted by molar-refractivity contribution is 7.92. The molecule has 0 radical (unpaired) electrons. The van der Waals surface area contributed by atoms with Crippen LogP contribution in [0.25, 0.3) is 0 Å². The molecule has 1 amide bonds. The molecule has 0 fully saturated rings. The number of amides is 1. The van der Waals surface area contributed by atoms with Gasteiger partial charge in [0, 0.05) is 20.3 Å². The third kappa shape index (κ3) is 6.58. The van der Waals surface area contributed by atoms with Gasteiger partial charge < -0.3 is 14.8 Å². The van der Waals surface area contributed by atoms with Gasteiger partial charge in [0.2, 0.25) is 15.9 Å². The topological polar surface area (TPSA) is 84.9 Å². The van der Waals surface area contributed by atoms with Gasteiger partial charge in [0.15, 0.2) is 5.75 Å². The van der Waals surface area contributed by atoms with Crippen molar-refractivity contribution in [3.63, 3.8) is 0 Å². The van der Waals surface area contributed by atoms with Crippen molar-refractivity contribution in [3.8, 4) is 11.5 Å². The van der Waals surface area contributed by atoms with Crippen LogP contribution in [0.5, 0.6) is 11.5 Å². The number of anilines is 1. The van der Waals surface area contributed by atoms with Crippen LogP contribution >= 0.6 is 0 Å². The van der Waals surface area contributed by atoms with Gasteiger partial charge in [0.1, 0.15) is 12.3 Å². The zero-order chi connectivity index (χ0) is 19.7. The molecular formula is C19H24N2O5S. The molecule has 0 atom stereocenters. The van der Waals surface area contributed by atoms with Gasteiger partial charge in [0.05, 0.1) is 11.9 Å². The van der Waals surface area contributed by atoms with Crippen molar-refractivity contribution in [2.24, 2.45) is 0 Å². The molecule has 0 saturated heterocycles. The third-order valence-electron chi connectivity index (χ3n) is 3.64. The number of ether oxygens (including phenoxy) is 2. The highest BCUT2D eigenvalue weighted by atomic mass is 32.2. The summed E-state index contributed by atoms with van der Waals surface area (Å²) < 4.78 is 36.4. The molecule has 0 aliphatic heterocycles. The third-order valence-corrected chi connectivity index (χ3v) is 4.77. The normalized spacial score (nSPS) is 11.0. The van der Waals surface area contributed by atoms with Crippen molar-refractivity contribution in [2.45, 2.75) is 6.42 Å². The van der Waals surface area contributed by atoms with E-state index in [9.17, 15) is 13.2 Å². The number of nitrogens with zero attached hydrogens (tertiary/aromatic N) is 1. The first kappa shape index (κ1) is 20.7. The summed E-state index contributed by atoms with van der Waals surface area (Å²) in [5.41, 5.74) is 0.302. The standard InChI is InChI=1S/C19H24N2O5S/c1-25-14-8-13-20-19(22)15-21(27(2,23)24)17-11-6-7-12-18(17)26-16-9-4-3-5-10-16/h3-7,9-12H,8,13-15H2,1-2H3,(H,20,22). The van der Waals surface area contributed by atoms with Gasteiger partial charge in [-0.05, 0) is 30.7 Å². The second-order valence-corrected chi connectivity index (χ2v) is 7.76. The maximum Gasteiger partial charge on any atom is 0.240 e. The molecule has 2 rings (SSSR count). The molecule has 7 nitrogen and oxygen atoms in total. The highest BCUT2D eigenvalue weighted by Gasteiger charge is 2.24. The fourth-order valence-corrected chi connectivity index (χ4v) is 3.24. The number of carbonyl (C=O) groups is 1. The number of rotatable bonds is 10.